The number of nitrogens with one attached hydrogen (secondary N) is 2. The van der Waals surface area contributed by atoms with Crippen molar-refractivity contribution in [2.24, 2.45) is 0 Å². The Bertz CT molecular complexity index is 1390. The lowest BCUT2D eigenvalue weighted by atomic mass is 10.2. The Balaban J connectivity index is 1.74. The number of rotatable bonds is 9. The molecule has 0 aliphatic rings. The van der Waals surface area contributed by atoms with Crippen molar-refractivity contribution in [3.8, 4) is 5.75 Å². The molecular weight excluding hydrogens is 490 g/mol. The number of sulfonamides is 2. The molecule has 0 radical (unpaired) electrons. The fourth-order valence-electron chi connectivity index (χ4n) is 3.34. The van der Waals surface area contributed by atoms with Crippen LogP contribution in [-0.2, 0) is 24.8 Å². The maximum atomic E-state index is 12.9. The topological polar surface area (TPSA) is 122 Å². The van der Waals surface area contributed by atoms with Crippen molar-refractivity contribution < 1.29 is 26.4 Å². The normalized spacial score (nSPS) is 12.5. The van der Waals surface area contributed by atoms with E-state index in [0.717, 1.165) is 16.1 Å². The van der Waals surface area contributed by atoms with Crippen molar-refractivity contribution in [3.63, 3.8) is 0 Å². The van der Waals surface area contributed by atoms with Gasteiger partial charge in [-0.25, -0.2) is 16.8 Å². The summed E-state index contributed by atoms with van der Waals surface area (Å²) in [6.45, 7) is 3.36. The third-order valence-corrected chi connectivity index (χ3v) is 7.79. The number of anilines is 3. The van der Waals surface area contributed by atoms with E-state index in [0.29, 0.717) is 22.8 Å². The molecule has 0 spiro atoms. The zero-order valence-corrected chi connectivity index (χ0v) is 21.4. The van der Waals surface area contributed by atoms with Gasteiger partial charge in [0.25, 0.3) is 10.0 Å². The van der Waals surface area contributed by atoms with Crippen molar-refractivity contribution >= 4 is 43.0 Å². The van der Waals surface area contributed by atoms with Crippen LogP contribution >= 0.6 is 0 Å². The number of methoxy groups -OCH3 is 1. The third kappa shape index (κ3) is 6.52. The van der Waals surface area contributed by atoms with Crippen LogP contribution in [0.5, 0.6) is 5.75 Å². The van der Waals surface area contributed by atoms with Crippen LogP contribution in [0.2, 0.25) is 0 Å². The smallest absolute Gasteiger partial charge is 0.261 e. The first-order valence-electron chi connectivity index (χ1n) is 10.5. The van der Waals surface area contributed by atoms with Crippen molar-refractivity contribution in [1.82, 2.24) is 0 Å². The predicted octanol–water partition coefficient (Wildman–Crippen LogP) is 3.60. The van der Waals surface area contributed by atoms with E-state index >= 15 is 0 Å². The van der Waals surface area contributed by atoms with E-state index in [-0.39, 0.29) is 4.90 Å². The number of nitrogens with zero attached hydrogens (tertiary/aromatic N) is 1. The standard InChI is InChI=1S/C24H27N3O6S2/c1-17-5-11-21(12-6-17)27(34(4,29)30)18(2)24(28)25-19-9-15-23(16-10-19)35(31,32)26-20-7-13-22(33-3)14-8-20/h5-16,18,26H,1-4H3,(H,25,28)/t18-/m1/s1. The third-order valence-electron chi connectivity index (χ3n) is 5.15. The molecule has 0 aromatic heterocycles. The molecule has 0 bridgehead atoms. The molecule has 0 fully saturated rings. The van der Waals surface area contributed by atoms with E-state index in [1.54, 1.807) is 48.5 Å². The zero-order valence-electron chi connectivity index (χ0n) is 19.7. The van der Waals surface area contributed by atoms with Crippen LogP contribution in [0, 0.1) is 6.92 Å². The Morgan fingerprint density at radius 2 is 1.40 bits per heavy atom. The van der Waals surface area contributed by atoms with Crippen molar-refractivity contribution in [2.75, 3.05) is 27.7 Å². The van der Waals surface area contributed by atoms with E-state index in [1.165, 1.54) is 38.3 Å². The fourth-order valence-corrected chi connectivity index (χ4v) is 5.57. The molecule has 0 saturated heterocycles. The molecule has 35 heavy (non-hydrogen) atoms. The van der Waals surface area contributed by atoms with Gasteiger partial charge in [-0.2, -0.15) is 0 Å². The second-order valence-electron chi connectivity index (χ2n) is 7.92. The minimum absolute atomic E-state index is 0.00298. The summed E-state index contributed by atoms with van der Waals surface area (Å²) in [5, 5.41) is 2.64. The van der Waals surface area contributed by atoms with Gasteiger partial charge in [0.05, 0.1) is 23.9 Å². The van der Waals surface area contributed by atoms with Crippen LogP contribution in [0.1, 0.15) is 12.5 Å². The molecule has 0 heterocycles. The monoisotopic (exact) mass is 517 g/mol. The number of hydrogen-bond acceptors (Lipinski definition) is 6. The summed E-state index contributed by atoms with van der Waals surface area (Å²) in [6.07, 6.45) is 1.03. The van der Waals surface area contributed by atoms with Crippen molar-refractivity contribution in [2.45, 2.75) is 24.8 Å². The van der Waals surface area contributed by atoms with Crippen molar-refractivity contribution in [3.05, 3.63) is 78.4 Å². The summed E-state index contributed by atoms with van der Waals surface area (Å²) in [5.74, 6) is 0.0297. The minimum Gasteiger partial charge on any atom is -0.497 e. The molecular formula is C24H27N3O6S2. The first-order chi connectivity index (χ1) is 16.4. The van der Waals surface area contributed by atoms with Crippen molar-refractivity contribution in [1.29, 1.82) is 0 Å². The second kappa shape index (κ2) is 10.4. The Kier molecular flexibility index (Phi) is 7.71. The zero-order chi connectivity index (χ0) is 25.8. The van der Waals surface area contributed by atoms with Crippen LogP contribution in [0.25, 0.3) is 0 Å². The largest absolute Gasteiger partial charge is 0.497 e. The quantitative estimate of drug-likeness (QED) is 0.447. The molecule has 0 aliphatic heterocycles. The molecule has 0 aliphatic carbocycles. The first kappa shape index (κ1) is 26.0. The number of benzene rings is 3. The number of carbonyl (C=O) groups is 1. The molecule has 2 N–H and O–H groups in total. The average Bonchev–Trinajstić information content (AvgIpc) is 2.80. The second-order valence-corrected chi connectivity index (χ2v) is 11.5. The Labute approximate surface area is 205 Å². The van der Waals surface area contributed by atoms with E-state index in [2.05, 4.69) is 10.0 Å². The summed E-state index contributed by atoms with van der Waals surface area (Å²) >= 11 is 0. The molecule has 0 unspecified atom stereocenters. The lowest BCUT2D eigenvalue weighted by molar-refractivity contribution is -0.116. The molecule has 11 heteroatoms. The summed E-state index contributed by atoms with van der Waals surface area (Å²) in [4.78, 5) is 12.9. The van der Waals surface area contributed by atoms with Gasteiger partial charge < -0.3 is 10.1 Å². The molecule has 3 aromatic rings. The number of hydrogen-bond donors (Lipinski definition) is 2. The summed E-state index contributed by atoms with van der Waals surface area (Å²) < 4.78 is 58.8. The van der Waals surface area contributed by atoms with Gasteiger partial charge >= 0.3 is 0 Å². The number of amides is 1. The van der Waals surface area contributed by atoms with E-state index in [1.807, 2.05) is 6.92 Å². The SMILES string of the molecule is COc1ccc(NS(=O)(=O)c2ccc(NC(=O)[C@@H](C)N(c3ccc(C)cc3)S(C)(=O)=O)cc2)cc1. The summed E-state index contributed by atoms with van der Waals surface area (Å²) in [7, 11) is -6.09. The van der Waals surface area contributed by atoms with Gasteiger partial charge in [-0.3, -0.25) is 13.8 Å². The molecule has 9 nitrogen and oxygen atoms in total. The first-order valence-corrected chi connectivity index (χ1v) is 13.9. The fraction of sp³-hybridized carbons (Fsp3) is 0.208. The highest BCUT2D eigenvalue weighted by molar-refractivity contribution is 7.92. The molecule has 1 amide bonds. The van der Waals surface area contributed by atoms with Crippen LogP contribution in [0.4, 0.5) is 17.1 Å². The highest BCUT2D eigenvalue weighted by Crippen LogP contribution is 2.23. The highest BCUT2D eigenvalue weighted by Gasteiger charge is 2.29. The molecule has 3 aromatic carbocycles. The minimum atomic E-state index is -3.86. The van der Waals surface area contributed by atoms with Gasteiger partial charge in [0.2, 0.25) is 15.9 Å². The van der Waals surface area contributed by atoms with Gasteiger partial charge in [0.1, 0.15) is 11.8 Å². The molecule has 0 saturated carbocycles. The maximum Gasteiger partial charge on any atom is 0.261 e. The summed E-state index contributed by atoms with van der Waals surface area (Å²) in [6, 6.07) is 17.7. The van der Waals surface area contributed by atoms with Gasteiger partial charge in [-0.05, 0) is 74.5 Å². The van der Waals surface area contributed by atoms with Gasteiger partial charge in [0, 0.05) is 11.4 Å². The Morgan fingerprint density at radius 3 is 1.91 bits per heavy atom. The van der Waals surface area contributed by atoms with Gasteiger partial charge in [-0.1, -0.05) is 17.7 Å². The van der Waals surface area contributed by atoms with E-state index < -0.39 is 32.0 Å². The lowest BCUT2D eigenvalue weighted by Crippen LogP contribution is -2.45. The average molecular weight is 518 g/mol. The Morgan fingerprint density at radius 1 is 0.857 bits per heavy atom. The molecule has 3 rings (SSSR count). The van der Waals surface area contributed by atoms with Gasteiger partial charge in [-0.15, -0.1) is 0 Å². The predicted molar refractivity (Wildman–Crippen MR) is 137 cm³/mol. The Hall–Kier alpha value is -3.57. The lowest BCUT2D eigenvalue weighted by Gasteiger charge is -2.28. The molecule has 186 valence electrons. The number of aryl methyl sites for hydroxylation is 1. The van der Waals surface area contributed by atoms with Crippen LogP contribution in [0.3, 0.4) is 0 Å². The number of ether oxygens (including phenoxy) is 1. The van der Waals surface area contributed by atoms with Gasteiger partial charge in [0.15, 0.2) is 0 Å². The van der Waals surface area contributed by atoms with E-state index in [4.69, 9.17) is 4.74 Å². The van der Waals surface area contributed by atoms with E-state index in [9.17, 15) is 21.6 Å². The summed E-state index contributed by atoms with van der Waals surface area (Å²) in [5.41, 5.74) is 2.01. The van der Waals surface area contributed by atoms with Crippen LogP contribution in [0.15, 0.2) is 77.7 Å². The van der Waals surface area contributed by atoms with Crippen LogP contribution < -0.4 is 19.1 Å². The molecule has 1 atom stereocenters. The maximum absolute atomic E-state index is 12.9. The highest BCUT2D eigenvalue weighted by atomic mass is 32.2. The number of carbonyl (C=O) groups excluding carboxylic acids is 1. The van der Waals surface area contributed by atoms with Crippen LogP contribution in [-0.4, -0.2) is 42.2 Å².